The maximum Gasteiger partial charge on any atom is 0.307 e. The highest BCUT2D eigenvalue weighted by molar-refractivity contribution is 7.09. The smallest absolute Gasteiger partial charge is 0.307 e. The van der Waals surface area contributed by atoms with Gasteiger partial charge in [0.2, 0.25) is 5.91 Å². The van der Waals surface area contributed by atoms with Crippen LogP contribution in [0.3, 0.4) is 0 Å². The molecule has 1 atom stereocenters. The average molecular weight is 299 g/mol. The second kappa shape index (κ2) is 7.96. The third kappa shape index (κ3) is 5.26. The lowest BCUT2D eigenvalue weighted by molar-refractivity contribution is -0.140. The zero-order valence-electron chi connectivity index (χ0n) is 12.0. The minimum atomic E-state index is -0.343. The number of thiazole rings is 1. The van der Waals surface area contributed by atoms with Gasteiger partial charge in [-0.05, 0) is 5.92 Å². The lowest BCUT2D eigenvalue weighted by Gasteiger charge is -2.11. The molecule has 0 saturated heterocycles. The molecule has 0 saturated carbocycles. The van der Waals surface area contributed by atoms with Gasteiger partial charge in [-0.25, -0.2) is 4.98 Å². The number of carbonyl (C=O) groups is 2. The van der Waals surface area contributed by atoms with Gasteiger partial charge < -0.3 is 15.8 Å². The summed E-state index contributed by atoms with van der Waals surface area (Å²) in [6.45, 7) is 4.34. The van der Waals surface area contributed by atoms with E-state index in [2.05, 4.69) is 15.0 Å². The largest absolute Gasteiger partial charge is 0.469 e. The molecule has 0 bridgehead atoms. The predicted molar refractivity (Wildman–Crippen MR) is 77.2 cm³/mol. The first-order valence-electron chi connectivity index (χ1n) is 6.47. The summed E-state index contributed by atoms with van der Waals surface area (Å²) in [6.07, 6.45) is 0.366. The van der Waals surface area contributed by atoms with Crippen molar-refractivity contribution in [3.63, 3.8) is 0 Å². The zero-order chi connectivity index (χ0) is 15.1. The van der Waals surface area contributed by atoms with Gasteiger partial charge in [-0.3, -0.25) is 9.59 Å². The molecule has 1 unspecified atom stereocenters. The van der Waals surface area contributed by atoms with Crippen LogP contribution >= 0.6 is 11.3 Å². The number of nitrogens with two attached hydrogens (primary N) is 1. The number of rotatable bonds is 7. The average Bonchev–Trinajstić information content (AvgIpc) is 2.85. The normalized spacial score (nSPS) is 12.2. The van der Waals surface area contributed by atoms with Crippen molar-refractivity contribution in [1.82, 2.24) is 10.3 Å². The highest BCUT2D eigenvalue weighted by Gasteiger charge is 2.15. The molecule has 3 N–H and O–H groups in total. The Balaban J connectivity index is 2.41. The highest BCUT2D eigenvalue weighted by atomic mass is 32.1. The number of methoxy groups -OCH3 is 1. The van der Waals surface area contributed by atoms with Crippen molar-refractivity contribution in [2.45, 2.75) is 32.7 Å². The zero-order valence-corrected chi connectivity index (χ0v) is 12.8. The molecule has 20 heavy (non-hydrogen) atoms. The van der Waals surface area contributed by atoms with Crippen molar-refractivity contribution in [3.8, 4) is 0 Å². The molecule has 6 nitrogen and oxygen atoms in total. The molecular formula is C13H21N3O3S. The van der Waals surface area contributed by atoms with Gasteiger partial charge in [0.15, 0.2) is 0 Å². The summed E-state index contributed by atoms with van der Waals surface area (Å²) in [7, 11) is 1.32. The Morgan fingerprint density at radius 2 is 2.20 bits per heavy atom. The first kappa shape index (κ1) is 16.6. The molecule has 7 heteroatoms. The standard InChI is InChI=1S/C13H21N3O3S/c1-8(2)12(14)13-16-9(7-20-13)6-10(17)15-5-4-11(18)19-3/h7-8,12H,4-6,14H2,1-3H3,(H,15,17). The fraction of sp³-hybridized carbons (Fsp3) is 0.615. The van der Waals surface area contributed by atoms with E-state index in [1.807, 2.05) is 19.2 Å². The van der Waals surface area contributed by atoms with E-state index in [-0.39, 0.29) is 37.3 Å². The Bertz CT molecular complexity index is 459. The van der Waals surface area contributed by atoms with Crippen LogP contribution in [-0.4, -0.2) is 30.5 Å². The molecular weight excluding hydrogens is 278 g/mol. The molecule has 1 amide bonds. The Labute approximate surface area is 122 Å². The third-order valence-electron chi connectivity index (χ3n) is 2.79. The predicted octanol–water partition coefficient (Wildman–Crippen LogP) is 1.02. The lowest BCUT2D eigenvalue weighted by Crippen LogP contribution is -2.28. The second-order valence-corrected chi connectivity index (χ2v) is 5.69. The first-order chi connectivity index (χ1) is 9.43. The van der Waals surface area contributed by atoms with Gasteiger partial charge in [0, 0.05) is 11.9 Å². The summed E-state index contributed by atoms with van der Waals surface area (Å²) in [6, 6.07) is -0.101. The van der Waals surface area contributed by atoms with Crippen LogP contribution in [0.25, 0.3) is 0 Å². The Morgan fingerprint density at radius 3 is 2.80 bits per heavy atom. The van der Waals surface area contributed by atoms with Gasteiger partial charge in [-0.15, -0.1) is 11.3 Å². The molecule has 0 aliphatic heterocycles. The van der Waals surface area contributed by atoms with Crippen LogP contribution in [0.4, 0.5) is 0 Å². The molecule has 112 valence electrons. The minimum absolute atomic E-state index is 0.101. The number of esters is 1. The van der Waals surface area contributed by atoms with Gasteiger partial charge in [0.05, 0.1) is 31.7 Å². The number of aromatic nitrogens is 1. The number of hydrogen-bond donors (Lipinski definition) is 2. The molecule has 1 rings (SSSR count). The highest BCUT2D eigenvalue weighted by Crippen LogP contribution is 2.22. The van der Waals surface area contributed by atoms with E-state index in [4.69, 9.17) is 5.73 Å². The number of amides is 1. The summed E-state index contributed by atoms with van der Waals surface area (Å²) in [5.41, 5.74) is 6.71. The number of carbonyl (C=O) groups excluding carboxylic acids is 2. The van der Waals surface area contributed by atoms with Crippen LogP contribution in [0.5, 0.6) is 0 Å². The lowest BCUT2D eigenvalue weighted by atomic mass is 10.1. The topological polar surface area (TPSA) is 94.3 Å². The van der Waals surface area contributed by atoms with Crippen LogP contribution in [0.1, 0.15) is 37.0 Å². The second-order valence-electron chi connectivity index (χ2n) is 4.80. The van der Waals surface area contributed by atoms with Gasteiger partial charge in [0.25, 0.3) is 0 Å². The summed E-state index contributed by atoms with van der Waals surface area (Å²) in [4.78, 5) is 26.9. The fourth-order valence-electron chi connectivity index (χ4n) is 1.48. The number of hydrogen-bond acceptors (Lipinski definition) is 6. The van der Waals surface area contributed by atoms with E-state index in [1.165, 1.54) is 18.4 Å². The van der Waals surface area contributed by atoms with Crippen LogP contribution in [-0.2, 0) is 20.7 Å². The monoisotopic (exact) mass is 299 g/mol. The van der Waals surface area contributed by atoms with Crippen molar-refractivity contribution < 1.29 is 14.3 Å². The molecule has 0 aliphatic carbocycles. The molecule has 0 aromatic carbocycles. The maximum absolute atomic E-state index is 11.7. The molecule has 0 radical (unpaired) electrons. The minimum Gasteiger partial charge on any atom is -0.469 e. The molecule has 1 heterocycles. The first-order valence-corrected chi connectivity index (χ1v) is 7.35. The van der Waals surface area contributed by atoms with Gasteiger partial charge in [-0.1, -0.05) is 13.8 Å². The molecule has 1 aromatic heterocycles. The SMILES string of the molecule is COC(=O)CCNC(=O)Cc1csc(C(N)C(C)C)n1. The number of ether oxygens (including phenoxy) is 1. The fourth-order valence-corrected chi connectivity index (χ4v) is 2.47. The van der Waals surface area contributed by atoms with Crippen molar-refractivity contribution >= 4 is 23.2 Å². The maximum atomic E-state index is 11.7. The van der Waals surface area contributed by atoms with E-state index < -0.39 is 0 Å². The summed E-state index contributed by atoms with van der Waals surface area (Å²) in [5.74, 6) is -0.198. The molecule has 0 aliphatic rings. The van der Waals surface area contributed by atoms with Gasteiger partial charge in [-0.2, -0.15) is 0 Å². The number of nitrogens with zero attached hydrogens (tertiary/aromatic N) is 1. The molecule has 0 fully saturated rings. The Morgan fingerprint density at radius 1 is 1.50 bits per heavy atom. The summed E-state index contributed by atoms with van der Waals surface area (Å²) < 4.78 is 4.49. The number of nitrogens with one attached hydrogen (secondary N) is 1. The Kier molecular flexibility index (Phi) is 6.60. The van der Waals surface area contributed by atoms with E-state index in [1.54, 1.807) is 0 Å². The summed E-state index contributed by atoms with van der Waals surface area (Å²) in [5, 5.41) is 5.34. The van der Waals surface area contributed by atoms with Crippen molar-refractivity contribution in [2.24, 2.45) is 11.7 Å². The quantitative estimate of drug-likeness (QED) is 0.733. The van der Waals surface area contributed by atoms with Crippen LogP contribution in [0, 0.1) is 5.92 Å². The van der Waals surface area contributed by atoms with E-state index in [0.29, 0.717) is 11.6 Å². The van der Waals surface area contributed by atoms with E-state index in [9.17, 15) is 9.59 Å². The van der Waals surface area contributed by atoms with E-state index in [0.717, 1.165) is 5.01 Å². The van der Waals surface area contributed by atoms with Crippen molar-refractivity contribution in [2.75, 3.05) is 13.7 Å². The third-order valence-corrected chi connectivity index (χ3v) is 3.79. The van der Waals surface area contributed by atoms with Crippen LogP contribution in [0.15, 0.2) is 5.38 Å². The van der Waals surface area contributed by atoms with Crippen LogP contribution in [0.2, 0.25) is 0 Å². The van der Waals surface area contributed by atoms with Crippen molar-refractivity contribution in [1.29, 1.82) is 0 Å². The Hall–Kier alpha value is -1.47. The molecule has 1 aromatic rings. The van der Waals surface area contributed by atoms with Crippen molar-refractivity contribution in [3.05, 3.63) is 16.1 Å². The van der Waals surface area contributed by atoms with Gasteiger partial charge >= 0.3 is 5.97 Å². The van der Waals surface area contributed by atoms with E-state index >= 15 is 0 Å². The van der Waals surface area contributed by atoms with Gasteiger partial charge in [0.1, 0.15) is 5.01 Å². The van der Waals surface area contributed by atoms with Crippen LogP contribution < -0.4 is 11.1 Å². The molecule has 0 spiro atoms. The summed E-state index contributed by atoms with van der Waals surface area (Å²) >= 11 is 1.47.